The lowest BCUT2D eigenvalue weighted by Gasteiger charge is -2.34. The minimum atomic E-state index is 0. The first-order valence-electron chi connectivity index (χ1n) is 5.23. The maximum atomic E-state index is 5.99. The molecule has 0 bridgehead atoms. The van der Waals surface area contributed by atoms with Gasteiger partial charge in [0.1, 0.15) is 5.01 Å². The molecule has 2 unspecified atom stereocenters. The average Bonchev–Trinajstić information content (AvgIpc) is 2.58. The van der Waals surface area contributed by atoms with E-state index in [2.05, 4.69) is 32.7 Å². The van der Waals surface area contributed by atoms with Crippen LogP contribution < -0.4 is 5.73 Å². The van der Waals surface area contributed by atoms with Crippen molar-refractivity contribution in [1.82, 2.24) is 9.88 Å². The third kappa shape index (κ3) is 3.67. The fourth-order valence-corrected chi connectivity index (χ4v) is 3.29. The third-order valence-electron chi connectivity index (χ3n) is 2.94. The topological polar surface area (TPSA) is 42.2 Å². The molecular weight excluding hydrogens is 310 g/mol. The van der Waals surface area contributed by atoms with Crippen LogP contribution in [0.1, 0.15) is 18.4 Å². The van der Waals surface area contributed by atoms with E-state index in [9.17, 15) is 0 Å². The highest BCUT2D eigenvalue weighted by molar-refractivity contribution is 9.11. The van der Waals surface area contributed by atoms with Gasteiger partial charge in [0.05, 0.1) is 16.5 Å². The van der Waals surface area contributed by atoms with Gasteiger partial charge in [-0.05, 0) is 28.3 Å². The molecule has 1 saturated heterocycles. The standard InChI is InChI=1S/C10H16BrN3S.ClH/c1-7-5-14(3-2-8(7)12)6-10-13-4-9(11)15-10;/h4,7-8H,2-3,5-6,12H2,1H3;1H. The lowest BCUT2D eigenvalue weighted by molar-refractivity contribution is 0.157. The summed E-state index contributed by atoms with van der Waals surface area (Å²) in [7, 11) is 0. The Labute approximate surface area is 115 Å². The molecule has 0 aromatic carbocycles. The van der Waals surface area contributed by atoms with Crippen LogP contribution in [0.3, 0.4) is 0 Å². The first kappa shape index (κ1) is 14.4. The second-order valence-corrected chi connectivity index (χ2v) is 6.72. The summed E-state index contributed by atoms with van der Waals surface area (Å²) in [6.07, 6.45) is 2.98. The van der Waals surface area contributed by atoms with E-state index in [1.165, 1.54) is 5.01 Å². The highest BCUT2D eigenvalue weighted by Crippen LogP contribution is 2.22. The molecule has 2 atom stereocenters. The van der Waals surface area contributed by atoms with Gasteiger partial charge in [-0.1, -0.05) is 6.92 Å². The molecule has 0 spiro atoms. The molecule has 0 saturated carbocycles. The number of aromatic nitrogens is 1. The van der Waals surface area contributed by atoms with Gasteiger partial charge < -0.3 is 5.73 Å². The van der Waals surface area contributed by atoms with E-state index >= 15 is 0 Å². The molecule has 2 rings (SSSR count). The van der Waals surface area contributed by atoms with E-state index < -0.39 is 0 Å². The van der Waals surface area contributed by atoms with Crippen molar-refractivity contribution in [1.29, 1.82) is 0 Å². The molecule has 6 heteroatoms. The number of nitrogens with zero attached hydrogens (tertiary/aromatic N) is 2. The first-order valence-corrected chi connectivity index (χ1v) is 6.84. The Balaban J connectivity index is 0.00000128. The normalized spacial score (nSPS) is 26.4. The summed E-state index contributed by atoms with van der Waals surface area (Å²) >= 11 is 5.15. The second-order valence-electron chi connectivity index (χ2n) is 4.22. The van der Waals surface area contributed by atoms with Crippen LogP contribution in [0, 0.1) is 5.92 Å². The van der Waals surface area contributed by atoms with Crippen LogP contribution in [0.2, 0.25) is 0 Å². The Morgan fingerprint density at radius 1 is 1.69 bits per heavy atom. The number of piperidine rings is 1. The second kappa shape index (κ2) is 6.31. The fraction of sp³-hybridized carbons (Fsp3) is 0.700. The van der Waals surface area contributed by atoms with Crippen LogP contribution in [0.25, 0.3) is 0 Å². The van der Waals surface area contributed by atoms with Crippen molar-refractivity contribution in [2.75, 3.05) is 13.1 Å². The van der Waals surface area contributed by atoms with E-state index in [4.69, 9.17) is 5.73 Å². The van der Waals surface area contributed by atoms with Crippen molar-refractivity contribution in [2.24, 2.45) is 11.7 Å². The van der Waals surface area contributed by atoms with Crippen molar-refractivity contribution in [2.45, 2.75) is 25.9 Å². The molecule has 1 aliphatic heterocycles. The number of hydrogen-bond donors (Lipinski definition) is 1. The molecule has 16 heavy (non-hydrogen) atoms. The van der Waals surface area contributed by atoms with Crippen LogP contribution in [0.4, 0.5) is 0 Å². The van der Waals surface area contributed by atoms with E-state index in [0.29, 0.717) is 12.0 Å². The van der Waals surface area contributed by atoms with Gasteiger partial charge in [-0.3, -0.25) is 4.90 Å². The highest BCUT2D eigenvalue weighted by Gasteiger charge is 2.23. The highest BCUT2D eigenvalue weighted by atomic mass is 79.9. The summed E-state index contributed by atoms with van der Waals surface area (Å²) < 4.78 is 1.11. The zero-order valence-electron chi connectivity index (χ0n) is 9.23. The summed E-state index contributed by atoms with van der Waals surface area (Å²) in [6.45, 7) is 5.39. The molecule has 3 nitrogen and oxygen atoms in total. The van der Waals surface area contributed by atoms with Gasteiger partial charge in [0.15, 0.2) is 0 Å². The summed E-state index contributed by atoms with van der Waals surface area (Å²) in [5.41, 5.74) is 5.99. The van der Waals surface area contributed by atoms with Gasteiger partial charge >= 0.3 is 0 Å². The maximum absolute atomic E-state index is 5.99. The summed E-state index contributed by atoms with van der Waals surface area (Å²) in [4.78, 5) is 6.80. The SMILES string of the molecule is CC1CN(Cc2ncc(Br)s2)CCC1N.Cl. The van der Waals surface area contributed by atoms with E-state index in [0.717, 1.165) is 29.8 Å². The predicted molar refractivity (Wildman–Crippen MR) is 74.1 cm³/mol. The van der Waals surface area contributed by atoms with Gasteiger partial charge in [0.2, 0.25) is 0 Å². The van der Waals surface area contributed by atoms with Crippen LogP contribution in [0.15, 0.2) is 9.98 Å². The fourth-order valence-electron chi connectivity index (χ4n) is 1.95. The number of halogens is 2. The molecule has 0 aliphatic carbocycles. The molecule has 1 aliphatic rings. The van der Waals surface area contributed by atoms with Gasteiger partial charge in [0.25, 0.3) is 0 Å². The van der Waals surface area contributed by atoms with Crippen LogP contribution in [0.5, 0.6) is 0 Å². The van der Waals surface area contributed by atoms with Gasteiger partial charge in [0, 0.05) is 19.1 Å². The quantitative estimate of drug-likeness (QED) is 0.908. The minimum Gasteiger partial charge on any atom is -0.327 e. The largest absolute Gasteiger partial charge is 0.327 e. The van der Waals surface area contributed by atoms with Crippen molar-refractivity contribution in [3.8, 4) is 0 Å². The Morgan fingerprint density at radius 3 is 3.00 bits per heavy atom. The average molecular weight is 327 g/mol. The molecule has 0 amide bonds. The number of rotatable bonds is 2. The van der Waals surface area contributed by atoms with Crippen LogP contribution in [-0.2, 0) is 6.54 Å². The Kier molecular flexibility index (Phi) is 5.67. The zero-order valence-corrected chi connectivity index (χ0v) is 12.4. The van der Waals surface area contributed by atoms with Gasteiger partial charge in [-0.2, -0.15) is 0 Å². The molecule has 2 N–H and O–H groups in total. The van der Waals surface area contributed by atoms with Crippen LogP contribution >= 0.6 is 39.7 Å². The predicted octanol–water partition coefficient (Wildman–Crippen LogP) is 2.50. The summed E-state index contributed by atoms with van der Waals surface area (Å²) in [5, 5.41) is 1.18. The first-order chi connectivity index (χ1) is 7.15. The minimum absolute atomic E-state index is 0. The van der Waals surface area contributed by atoms with Crippen molar-refractivity contribution in [3.05, 3.63) is 15.0 Å². The zero-order chi connectivity index (χ0) is 10.8. The Morgan fingerprint density at radius 2 is 2.44 bits per heavy atom. The maximum Gasteiger partial charge on any atom is 0.108 e. The molecule has 1 aromatic rings. The number of thiazole rings is 1. The molecule has 0 radical (unpaired) electrons. The summed E-state index contributed by atoms with van der Waals surface area (Å²) in [5.74, 6) is 0.599. The van der Waals surface area contributed by atoms with Crippen molar-refractivity contribution in [3.63, 3.8) is 0 Å². The van der Waals surface area contributed by atoms with Gasteiger partial charge in [-0.25, -0.2) is 4.98 Å². The van der Waals surface area contributed by atoms with Gasteiger partial charge in [-0.15, -0.1) is 23.7 Å². The third-order valence-corrected chi connectivity index (χ3v) is 4.40. The summed E-state index contributed by atoms with van der Waals surface area (Å²) in [6, 6.07) is 0.379. The lowest BCUT2D eigenvalue weighted by Crippen LogP contribution is -2.45. The molecular formula is C10H17BrClN3S. The Bertz CT molecular complexity index is 334. The molecule has 92 valence electrons. The van der Waals surface area contributed by atoms with Crippen molar-refractivity contribution < 1.29 is 0 Å². The number of hydrogen-bond acceptors (Lipinski definition) is 4. The molecule has 2 heterocycles. The van der Waals surface area contributed by atoms with E-state index in [1.54, 1.807) is 11.3 Å². The Hall–Kier alpha value is 0.320. The lowest BCUT2D eigenvalue weighted by atomic mass is 9.95. The number of nitrogens with two attached hydrogens (primary N) is 1. The van der Waals surface area contributed by atoms with Crippen LogP contribution in [-0.4, -0.2) is 29.0 Å². The monoisotopic (exact) mass is 325 g/mol. The molecule has 1 fully saturated rings. The number of likely N-dealkylation sites (tertiary alicyclic amines) is 1. The molecule has 1 aromatic heterocycles. The smallest absolute Gasteiger partial charge is 0.108 e. The van der Waals surface area contributed by atoms with Crippen molar-refractivity contribution >= 4 is 39.7 Å². The van der Waals surface area contributed by atoms with E-state index in [1.807, 2.05) is 6.20 Å². The van der Waals surface area contributed by atoms with E-state index in [-0.39, 0.29) is 12.4 Å².